The lowest BCUT2D eigenvalue weighted by Gasteiger charge is -2.10. The average Bonchev–Trinajstić information content (AvgIpc) is 2.29. The molecule has 0 saturated carbocycles. The Labute approximate surface area is 88.4 Å². The van der Waals surface area contributed by atoms with Gasteiger partial charge >= 0.3 is 0 Å². The first-order valence-corrected chi connectivity index (χ1v) is 4.78. The standard InChI is InChI=1S/C11H15FO3/c1-14-10-4-3-9(8-13)11(7-10)15-6-2-5-12/h3-4,7,13H,2,5-6,8H2,1H3. The Morgan fingerprint density at radius 2 is 2.20 bits per heavy atom. The summed E-state index contributed by atoms with van der Waals surface area (Å²) in [5.41, 5.74) is 0.676. The van der Waals surface area contributed by atoms with Crippen molar-refractivity contribution in [3.63, 3.8) is 0 Å². The Morgan fingerprint density at radius 3 is 2.80 bits per heavy atom. The highest BCUT2D eigenvalue weighted by molar-refractivity contribution is 5.40. The molecule has 0 bridgehead atoms. The van der Waals surface area contributed by atoms with Crippen molar-refractivity contribution in [3.8, 4) is 11.5 Å². The monoisotopic (exact) mass is 214 g/mol. The Balaban J connectivity index is 2.72. The Hall–Kier alpha value is -1.29. The molecular formula is C11H15FO3. The molecule has 0 aliphatic rings. The third-order valence-corrected chi connectivity index (χ3v) is 1.98. The number of hydrogen-bond donors (Lipinski definition) is 1. The highest BCUT2D eigenvalue weighted by atomic mass is 19.1. The van der Waals surface area contributed by atoms with E-state index in [1.165, 1.54) is 0 Å². The Morgan fingerprint density at radius 1 is 1.40 bits per heavy atom. The van der Waals surface area contributed by atoms with Gasteiger partial charge in [-0.1, -0.05) is 0 Å². The average molecular weight is 214 g/mol. The van der Waals surface area contributed by atoms with E-state index in [4.69, 9.17) is 14.6 Å². The van der Waals surface area contributed by atoms with Crippen molar-refractivity contribution in [2.24, 2.45) is 0 Å². The Bertz CT molecular complexity index is 302. The predicted molar refractivity (Wildman–Crippen MR) is 55.0 cm³/mol. The molecule has 4 heteroatoms. The summed E-state index contributed by atoms with van der Waals surface area (Å²) < 4.78 is 22.2. The van der Waals surface area contributed by atoms with Gasteiger partial charge in [-0.05, 0) is 12.1 Å². The first kappa shape index (κ1) is 11.8. The summed E-state index contributed by atoms with van der Waals surface area (Å²) >= 11 is 0. The van der Waals surface area contributed by atoms with Crippen LogP contribution in [-0.2, 0) is 6.61 Å². The van der Waals surface area contributed by atoms with Gasteiger partial charge in [-0.2, -0.15) is 0 Å². The molecule has 0 heterocycles. The largest absolute Gasteiger partial charge is 0.497 e. The molecule has 1 N–H and O–H groups in total. The van der Waals surface area contributed by atoms with E-state index in [2.05, 4.69) is 0 Å². The van der Waals surface area contributed by atoms with Gasteiger partial charge in [-0.25, -0.2) is 0 Å². The van der Waals surface area contributed by atoms with Gasteiger partial charge in [-0.15, -0.1) is 0 Å². The van der Waals surface area contributed by atoms with E-state index < -0.39 is 6.67 Å². The summed E-state index contributed by atoms with van der Waals surface area (Å²) in [6.07, 6.45) is 0.349. The molecule has 0 radical (unpaired) electrons. The van der Waals surface area contributed by atoms with Gasteiger partial charge in [-0.3, -0.25) is 4.39 Å². The van der Waals surface area contributed by atoms with Crippen molar-refractivity contribution in [3.05, 3.63) is 23.8 Å². The van der Waals surface area contributed by atoms with Gasteiger partial charge in [0, 0.05) is 18.1 Å². The maximum absolute atomic E-state index is 11.9. The lowest BCUT2D eigenvalue weighted by Crippen LogP contribution is -2.01. The van der Waals surface area contributed by atoms with Crippen molar-refractivity contribution >= 4 is 0 Å². The fourth-order valence-electron chi connectivity index (χ4n) is 1.16. The lowest BCUT2D eigenvalue weighted by molar-refractivity contribution is 0.255. The van der Waals surface area contributed by atoms with Crippen LogP contribution >= 0.6 is 0 Å². The quantitative estimate of drug-likeness (QED) is 0.735. The number of ether oxygens (including phenoxy) is 2. The molecule has 1 aromatic rings. The molecule has 0 aromatic heterocycles. The van der Waals surface area contributed by atoms with Crippen molar-refractivity contribution < 1.29 is 19.0 Å². The second kappa shape index (κ2) is 6.24. The molecule has 0 aliphatic heterocycles. The van der Waals surface area contributed by atoms with Crippen LogP contribution in [0.5, 0.6) is 11.5 Å². The van der Waals surface area contributed by atoms with Gasteiger partial charge in [0.25, 0.3) is 0 Å². The number of halogens is 1. The zero-order chi connectivity index (χ0) is 11.1. The number of alkyl halides is 1. The van der Waals surface area contributed by atoms with Crippen LogP contribution < -0.4 is 9.47 Å². The van der Waals surface area contributed by atoms with Gasteiger partial charge < -0.3 is 14.6 Å². The van der Waals surface area contributed by atoms with Gasteiger partial charge in [0.2, 0.25) is 0 Å². The van der Waals surface area contributed by atoms with Crippen LogP contribution in [0.15, 0.2) is 18.2 Å². The molecule has 0 saturated heterocycles. The van der Waals surface area contributed by atoms with Crippen LogP contribution in [0.1, 0.15) is 12.0 Å². The Kier molecular flexibility index (Phi) is 4.90. The van der Waals surface area contributed by atoms with Gasteiger partial charge in [0.1, 0.15) is 11.5 Å². The molecule has 0 unspecified atom stereocenters. The van der Waals surface area contributed by atoms with Crippen LogP contribution in [0.4, 0.5) is 4.39 Å². The minimum atomic E-state index is -0.404. The summed E-state index contributed by atoms with van der Waals surface area (Å²) in [4.78, 5) is 0. The minimum Gasteiger partial charge on any atom is -0.497 e. The molecule has 0 aliphatic carbocycles. The second-order valence-corrected chi connectivity index (χ2v) is 3.02. The van der Waals surface area contributed by atoms with Crippen molar-refractivity contribution in [1.29, 1.82) is 0 Å². The lowest BCUT2D eigenvalue weighted by atomic mass is 10.2. The molecule has 0 amide bonds. The number of benzene rings is 1. The van der Waals surface area contributed by atoms with E-state index in [0.717, 1.165) is 0 Å². The fraction of sp³-hybridized carbons (Fsp3) is 0.455. The molecular weight excluding hydrogens is 199 g/mol. The molecule has 0 fully saturated rings. The van der Waals surface area contributed by atoms with E-state index in [-0.39, 0.29) is 6.61 Å². The molecule has 1 aromatic carbocycles. The molecule has 15 heavy (non-hydrogen) atoms. The number of aliphatic hydroxyl groups excluding tert-OH is 1. The zero-order valence-electron chi connectivity index (χ0n) is 8.70. The summed E-state index contributed by atoms with van der Waals surface area (Å²) in [5, 5.41) is 9.04. The second-order valence-electron chi connectivity index (χ2n) is 3.02. The van der Waals surface area contributed by atoms with Gasteiger partial charge in [0.15, 0.2) is 0 Å². The number of rotatable bonds is 6. The summed E-state index contributed by atoms with van der Waals surface area (Å²) in [6.45, 7) is -0.204. The highest BCUT2D eigenvalue weighted by Crippen LogP contribution is 2.24. The SMILES string of the molecule is COc1ccc(CO)c(OCCCF)c1. The minimum absolute atomic E-state index is 0.102. The molecule has 3 nitrogen and oxygen atoms in total. The normalized spacial score (nSPS) is 10.1. The van der Waals surface area contributed by atoms with Crippen LogP contribution in [0, 0.1) is 0 Å². The van der Waals surface area contributed by atoms with E-state index >= 15 is 0 Å². The van der Waals surface area contributed by atoms with Gasteiger partial charge in [0.05, 0.1) is 27.0 Å². The maximum atomic E-state index is 11.9. The topological polar surface area (TPSA) is 38.7 Å². The van der Waals surface area contributed by atoms with Crippen LogP contribution in [0.2, 0.25) is 0 Å². The zero-order valence-corrected chi connectivity index (χ0v) is 8.70. The first-order chi connectivity index (χ1) is 7.31. The van der Waals surface area contributed by atoms with Crippen LogP contribution in [0.3, 0.4) is 0 Å². The smallest absolute Gasteiger partial charge is 0.128 e. The fourth-order valence-corrected chi connectivity index (χ4v) is 1.16. The van der Waals surface area contributed by atoms with Crippen molar-refractivity contribution in [2.75, 3.05) is 20.4 Å². The number of aliphatic hydroxyl groups is 1. The highest BCUT2D eigenvalue weighted by Gasteiger charge is 2.04. The molecule has 0 spiro atoms. The predicted octanol–water partition coefficient (Wildman–Crippen LogP) is 1.93. The molecule has 0 atom stereocenters. The third-order valence-electron chi connectivity index (χ3n) is 1.98. The van der Waals surface area contributed by atoms with E-state index in [1.54, 1.807) is 25.3 Å². The van der Waals surface area contributed by atoms with E-state index in [0.29, 0.717) is 30.1 Å². The third kappa shape index (κ3) is 3.40. The maximum Gasteiger partial charge on any atom is 0.128 e. The summed E-state index contributed by atoms with van der Waals surface area (Å²) in [5.74, 6) is 1.20. The first-order valence-electron chi connectivity index (χ1n) is 4.78. The van der Waals surface area contributed by atoms with Crippen LogP contribution in [0.25, 0.3) is 0 Å². The summed E-state index contributed by atoms with van der Waals surface area (Å²) in [7, 11) is 1.55. The number of methoxy groups -OCH3 is 1. The van der Waals surface area contributed by atoms with E-state index in [1.807, 2.05) is 0 Å². The van der Waals surface area contributed by atoms with E-state index in [9.17, 15) is 4.39 Å². The summed E-state index contributed by atoms with van der Waals surface area (Å²) in [6, 6.07) is 5.15. The number of hydrogen-bond acceptors (Lipinski definition) is 3. The van der Waals surface area contributed by atoms with Crippen molar-refractivity contribution in [2.45, 2.75) is 13.0 Å². The molecule has 84 valence electrons. The molecule has 1 rings (SSSR count). The van der Waals surface area contributed by atoms with Crippen molar-refractivity contribution in [1.82, 2.24) is 0 Å². The van der Waals surface area contributed by atoms with Crippen LogP contribution in [-0.4, -0.2) is 25.5 Å².